The van der Waals surface area contributed by atoms with Gasteiger partial charge in [0.15, 0.2) is 0 Å². The molecule has 0 saturated heterocycles. The van der Waals surface area contributed by atoms with Crippen LogP contribution >= 0.6 is 23.2 Å². The maximum absolute atomic E-state index is 12.2. The van der Waals surface area contributed by atoms with Gasteiger partial charge in [0.25, 0.3) is 0 Å². The zero-order valence-corrected chi connectivity index (χ0v) is 6.61. The second-order valence-electron chi connectivity index (χ2n) is 2.05. The molecule has 1 heterocycles. The van der Waals surface area contributed by atoms with Gasteiger partial charge in [-0.3, -0.25) is 4.99 Å². The van der Waals surface area contributed by atoms with Gasteiger partial charge in [-0.15, -0.1) is 11.6 Å². The SMILES string of the molecule is FCC1(Cl)C=CC=NC1Cl. The molecule has 0 spiro atoms. The molecule has 56 valence electrons. The highest BCUT2D eigenvalue weighted by molar-refractivity contribution is 6.34. The summed E-state index contributed by atoms with van der Waals surface area (Å²) >= 11 is 11.3. The van der Waals surface area contributed by atoms with E-state index >= 15 is 0 Å². The Morgan fingerprint density at radius 3 is 2.80 bits per heavy atom. The van der Waals surface area contributed by atoms with Gasteiger partial charge >= 0.3 is 0 Å². The minimum Gasteiger partial charge on any atom is -0.271 e. The molecule has 1 aliphatic rings. The number of dihydropyridines is 1. The molecule has 0 N–H and O–H groups in total. The zero-order valence-electron chi connectivity index (χ0n) is 5.10. The number of hydrogen-bond acceptors (Lipinski definition) is 1. The van der Waals surface area contributed by atoms with E-state index in [1.807, 2.05) is 0 Å². The molecule has 0 aromatic carbocycles. The normalized spacial score (nSPS) is 38.5. The summed E-state index contributed by atoms with van der Waals surface area (Å²) in [5.74, 6) is 0. The van der Waals surface area contributed by atoms with E-state index in [4.69, 9.17) is 23.2 Å². The molecule has 10 heavy (non-hydrogen) atoms. The summed E-state index contributed by atoms with van der Waals surface area (Å²) in [5.41, 5.74) is -0.691. The number of hydrogen-bond donors (Lipinski definition) is 0. The number of alkyl halides is 3. The third kappa shape index (κ3) is 1.32. The molecule has 0 aromatic heterocycles. The molecule has 1 aliphatic heterocycles. The summed E-state index contributed by atoms with van der Waals surface area (Å²) in [6.07, 6.45) is 4.61. The molecule has 0 fully saturated rings. The lowest BCUT2D eigenvalue weighted by atomic mass is 10.1. The highest BCUT2D eigenvalue weighted by Crippen LogP contribution is 2.29. The molecule has 0 amide bonds. The maximum atomic E-state index is 12.2. The number of rotatable bonds is 1. The fourth-order valence-electron chi connectivity index (χ4n) is 0.640. The van der Waals surface area contributed by atoms with E-state index in [9.17, 15) is 4.39 Å². The fraction of sp³-hybridized carbons (Fsp3) is 0.500. The van der Waals surface area contributed by atoms with Crippen molar-refractivity contribution in [2.45, 2.75) is 10.4 Å². The quantitative estimate of drug-likeness (QED) is 0.435. The first-order chi connectivity index (χ1) is 4.69. The Labute approximate surface area is 68.5 Å². The lowest BCUT2D eigenvalue weighted by Gasteiger charge is -2.23. The summed E-state index contributed by atoms with van der Waals surface area (Å²) < 4.78 is 12.2. The van der Waals surface area contributed by atoms with Crippen LogP contribution in [0, 0.1) is 0 Å². The summed E-state index contributed by atoms with van der Waals surface area (Å²) in [6.45, 7) is -0.698. The Hall–Kier alpha value is -0.0800. The van der Waals surface area contributed by atoms with Gasteiger partial charge in [0, 0.05) is 6.21 Å². The van der Waals surface area contributed by atoms with Crippen LogP contribution in [0.25, 0.3) is 0 Å². The van der Waals surface area contributed by atoms with Crippen molar-refractivity contribution in [1.29, 1.82) is 0 Å². The number of aliphatic imine (C=N–C) groups is 1. The third-order valence-corrected chi connectivity index (χ3v) is 2.32. The molecular weight excluding hydrogens is 176 g/mol. The highest BCUT2D eigenvalue weighted by Gasteiger charge is 2.34. The Kier molecular flexibility index (Phi) is 2.32. The lowest BCUT2D eigenvalue weighted by Crippen LogP contribution is -2.33. The first-order valence-electron chi connectivity index (χ1n) is 2.79. The second kappa shape index (κ2) is 2.89. The maximum Gasteiger partial charge on any atom is 0.148 e. The number of nitrogens with zero attached hydrogens (tertiary/aromatic N) is 1. The fourth-order valence-corrected chi connectivity index (χ4v) is 0.965. The molecule has 0 bridgehead atoms. The summed E-state index contributed by atoms with van der Waals surface area (Å²) in [4.78, 5) is 2.61. The molecule has 0 aliphatic carbocycles. The Bertz CT molecular complexity index is 181. The molecule has 2 atom stereocenters. The molecule has 0 saturated carbocycles. The average Bonchev–Trinajstić information content (AvgIpc) is 1.96. The van der Waals surface area contributed by atoms with Crippen molar-refractivity contribution in [2.75, 3.05) is 6.67 Å². The first kappa shape index (κ1) is 8.02. The van der Waals surface area contributed by atoms with Crippen molar-refractivity contribution >= 4 is 29.4 Å². The van der Waals surface area contributed by atoms with Crippen LogP contribution in [0.2, 0.25) is 0 Å². The molecule has 0 aromatic rings. The van der Waals surface area contributed by atoms with E-state index < -0.39 is 17.0 Å². The van der Waals surface area contributed by atoms with Crippen LogP contribution in [0.5, 0.6) is 0 Å². The molecule has 1 nitrogen and oxygen atoms in total. The Balaban J connectivity index is 2.77. The molecule has 1 rings (SSSR count). The van der Waals surface area contributed by atoms with Gasteiger partial charge in [-0.1, -0.05) is 17.7 Å². The molecule has 2 unspecified atom stereocenters. The minimum absolute atomic E-state index is 0.691. The standard InChI is InChI=1S/C6H6Cl2FN/c7-5-6(8,4-9)2-1-3-10-5/h1-3,5H,4H2. The van der Waals surface area contributed by atoms with E-state index in [0.29, 0.717) is 0 Å². The van der Waals surface area contributed by atoms with Crippen LogP contribution in [-0.2, 0) is 0 Å². The number of halogens is 3. The smallest absolute Gasteiger partial charge is 0.148 e. The van der Waals surface area contributed by atoms with Gasteiger partial charge in [-0.05, 0) is 6.08 Å². The largest absolute Gasteiger partial charge is 0.271 e. The summed E-state index contributed by atoms with van der Waals surface area (Å²) in [7, 11) is 0. The van der Waals surface area contributed by atoms with Crippen molar-refractivity contribution < 1.29 is 4.39 Å². The number of allylic oxidation sites excluding steroid dienone is 1. The van der Waals surface area contributed by atoms with Crippen molar-refractivity contribution in [2.24, 2.45) is 4.99 Å². The van der Waals surface area contributed by atoms with E-state index in [1.165, 1.54) is 12.3 Å². The Morgan fingerprint density at radius 2 is 2.40 bits per heavy atom. The molecule has 4 heteroatoms. The van der Waals surface area contributed by atoms with Crippen LogP contribution in [-0.4, -0.2) is 23.3 Å². The van der Waals surface area contributed by atoms with Crippen LogP contribution in [0.1, 0.15) is 0 Å². The van der Waals surface area contributed by atoms with Crippen LogP contribution < -0.4 is 0 Å². The van der Waals surface area contributed by atoms with Crippen molar-refractivity contribution in [1.82, 2.24) is 0 Å². The van der Waals surface area contributed by atoms with Crippen LogP contribution in [0.4, 0.5) is 4.39 Å². The molecule has 0 radical (unpaired) electrons. The monoisotopic (exact) mass is 181 g/mol. The van der Waals surface area contributed by atoms with Gasteiger partial charge < -0.3 is 0 Å². The predicted molar refractivity (Wildman–Crippen MR) is 41.8 cm³/mol. The minimum atomic E-state index is -1.13. The van der Waals surface area contributed by atoms with Crippen molar-refractivity contribution in [3.8, 4) is 0 Å². The van der Waals surface area contributed by atoms with E-state index in [-0.39, 0.29) is 0 Å². The van der Waals surface area contributed by atoms with Crippen LogP contribution in [0.3, 0.4) is 0 Å². The molecular formula is C6H6Cl2FN. The Morgan fingerprint density at radius 1 is 1.70 bits per heavy atom. The van der Waals surface area contributed by atoms with E-state index in [2.05, 4.69) is 4.99 Å². The first-order valence-corrected chi connectivity index (χ1v) is 3.60. The van der Waals surface area contributed by atoms with E-state index in [0.717, 1.165) is 0 Å². The van der Waals surface area contributed by atoms with Gasteiger partial charge in [0.1, 0.15) is 17.0 Å². The van der Waals surface area contributed by atoms with Gasteiger partial charge in [0.05, 0.1) is 0 Å². The predicted octanol–water partition coefficient (Wildman–Crippen LogP) is 2.14. The third-order valence-electron chi connectivity index (χ3n) is 1.28. The van der Waals surface area contributed by atoms with E-state index in [1.54, 1.807) is 6.08 Å². The lowest BCUT2D eigenvalue weighted by molar-refractivity contribution is 0.423. The van der Waals surface area contributed by atoms with Gasteiger partial charge in [-0.25, -0.2) is 4.39 Å². The summed E-state index contributed by atoms with van der Waals surface area (Å²) in [5, 5.41) is 0. The highest BCUT2D eigenvalue weighted by atomic mass is 35.5. The van der Waals surface area contributed by atoms with Crippen molar-refractivity contribution in [3.05, 3.63) is 12.2 Å². The summed E-state index contributed by atoms with van der Waals surface area (Å²) in [6, 6.07) is 0. The zero-order chi connectivity index (χ0) is 7.61. The van der Waals surface area contributed by atoms with Crippen LogP contribution in [0.15, 0.2) is 17.1 Å². The van der Waals surface area contributed by atoms with Crippen molar-refractivity contribution in [3.63, 3.8) is 0 Å². The van der Waals surface area contributed by atoms with Gasteiger partial charge in [0.2, 0.25) is 0 Å². The average molecular weight is 182 g/mol. The van der Waals surface area contributed by atoms with Gasteiger partial charge in [-0.2, -0.15) is 0 Å². The topological polar surface area (TPSA) is 12.4 Å². The second-order valence-corrected chi connectivity index (χ2v) is 3.17.